The van der Waals surface area contributed by atoms with Crippen molar-refractivity contribution in [3.63, 3.8) is 0 Å². The van der Waals surface area contributed by atoms with Crippen molar-refractivity contribution in [1.29, 1.82) is 0 Å². The van der Waals surface area contributed by atoms with Gasteiger partial charge in [-0.3, -0.25) is 20.3 Å². The molecule has 0 fully saturated rings. The number of hydrazine groups is 1. The zero-order chi connectivity index (χ0) is 11.4. The molecule has 84 valence electrons. The minimum atomic E-state index is -1.04. The van der Waals surface area contributed by atoms with Gasteiger partial charge in [-0.1, -0.05) is 0 Å². The molecule has 1 rings (SSSR count). The Morgan fingerprint density at radius 1 is 1.67 bits per heavy atom. The number of hydrogen-bond donors (Lipinski definition) is 4. The smallest absolute Gasteiger partial charge is 0.306 e. The molecule has 15 heavy (non-hydrogen) atoms. The lowest BCUT2D eigenvalue weighted by atomic mass is 10.2. The van der Waals surface area contributed by atoms with Gasteiger partial charge in [0.25, 0.3) is 5.91 Å². The van der Waals surface area contributed by atoms with E-state index in [0.717, 1.165) is 0 Å². The van der Waals surface area contributed by atoms with Crippen LogP contribution in [0.3, 0.4) is 0 Å². The zero-order valence-electron chi connectivity index (χ0n) is 8.57. The van der Waals surface area contributed by atoms with Crippen LogP contribution in [-0.4, -0.2) is 35.0 Å². The van der Waals surface area contributed by atoms with Gasteiger partial charge in [0.15, 0.2) is 0 Å². The fourth-order valence-corrected chi connectivity index (χ4v) is 1.03. The summed E-state index contributed by atoms with van der Waals surface area (Å²) < 4.78 is 0. The number of hydrogen-bond acceptors (Lipinski definition) is 5. The summed E-state index contributed by atoms with van der Waals surface area (Å²) in [7, 11) is 0. The SMILES string of the molecule is CC(C)NNC1=NC(CC(=O)O)C(=O)N1. The molecule has 0 saturated carbocycles. The fourth-order valence-electron chi connectivity index (χ4n) is 1.03. The Morgan fingerprint density at radius 3 is 2.87 bits per heavy atom. The van der Waals surface area contributed by atoms with Crippen LogP contribution >= 0.6 is 0 Å². The Balaban J connectivity index is 2.48. The van der Waals surface area contributed by atoms with Crippen LogP contribution in [0.1, 0.15) is 20.3 Å². The summed E-state index contributed by atoms with van der Waals surface area (Å²) >= 11 is 0. The summed E-state index contributed by atoms with van der Waals surface area (Å²) in [6.45, 7) is 3.83. The predicted molar refractivity (Wildman–Crippen MR) is 53.0 cm³/mol. The van der Waals surface area contributed by atoms with E-state index in [1.807, 2.05) is 13.8 Å². The Labute approximate surface area is 86.9 Å². The molecule has 0 aromatic heterocycles. The highest BCUT2D eigenvalue weighted by Gasteiger charge is 2.28. The van der Waals surface area contributed by atoms with E-state index in [4.69, 9.17) is 5.11 Å². The quantitative estimate of drug-likeness (QED) is 0.441. The number of aliphatic carboxylic acids is 1. The lowest BCUT2D eigenvalue weighted by Crippen LogP contribution is -2.47. The predicted octanol–water partition coefficient (Wildman–Crippen LogP) is -1.18. The molecule has 1 unspecified atom stereocenters. The van der Waals surface area contributed by atoms with Crippen LogP contribution < -0.4 is 16.2 Å². The summed E-state index contributed by atoms with van der Waals surface area (Å²) in [4.78, 5) is 25.5. The molecule has 4 N–H and O–H groups in total. The van der Waals surface area contributed by atoms with E-state index in [2.05, 4.69) is 21.2 Å². The van der Waals surface area contributed by atoms with Gasteiger partial charge in [0.05, 0.1) is 6.42 Å². The van der Waals surface area contributed by atoms with Crippen LogP contribution in [0.4, 0.5) is 0 Å². The van der Waals surface area contributed by atoms with Gasteiger partial charge in [0.2, 0.25) is 5.96 Å². The van der Waals surface area contributed by atoms with Crippen molar-refractivity contribution in [3.8, 4) is 0 Å². The molecule has 1 aliphatic heterocycles. The van der Waals surface area contributed by atoms with Gasteiger partial charge in [-0.2, -0.15) is 0 Å². The van der Waals surface area contributed by atoms with Crippen molar-refractivity contribution < 1.29 is 14.7 Å². The van der Waals surface area contributed by atoms with Crippen molar-refractivity contribution >= 4 is 17.8 Å². The van der Waals surface area contributed by atoms with E-state index in [0.29, 0.717) is 0 Å². The van der Waals surface area contributed by atoms with Crippen LogP contribution in [0.5, 0.6) is 0 Å². The van der Waals surface area contributed by atoms with Crippen molar-refractivity contribution in [2.24, 2.45) is 4.99 Å². The number of nitrogens with zero attached hydrogens (tertiary/aromatic N) is 1. The molecule has 0 radical (unpaired) electrons. The number of carbonyl (C=O) groups is 2. The number of carbonyl (C=O) groups excluding carboxylic acids is 1. The molecule has 7 nitrogen and oxygen atoms in total. The maximum Gasteiger partial charge on any atom is 0.306 e. The Hall–Kier alpha value is -1.63. The first-order valence-corrected chi connectivity index (χ1v) is 4.61. The van der Waals surface area contributed by atoms with Gasteiger partial charge in [-0.05, 0) is 13.8 Å². The lowest BCUT2D eigenvalue weighted by molar-refractivity contribution is -0.139. The van der Waals surface area contributed by atoms with Gasteiger partial charge in [-0.25, -0.2) is 10.4 Å². The van der Waals surface area contributed by atoms with Crippen molar-refractivity contribution in [3.05, 3.63) is 0 Å². The molecule has 1 heterocycles. The van der Waals surface area contributed by atoms with Gasteiger partial charge < -0.3 is 5.11 Å². The summed E-state index contributed by atoms with van der Waals surface area (Å²) in [6.07, 6.45) is -0.293. The molecule has 0 aromatic carbocycles. The van der Waals surface area contributed by atoms with Crippen molar-refractivity contribution in [2.75, 3.05) is 0 Å². The first-order valence-electron chi connectivity index (χ1n) is 4.61. The summed E-state index contributed by atoms with van der Waals surface area (Å²) in [5, 5.41) is 10.9. The summed E-state index contributed by atoms with van der Waals surface area (Å²) in [6, 6.07) is -0.651. The molecule has 0 aromatic rings. The Kier molecular flexibility index (Phi) is 3.62. The third-order valence-electron chi connectivity index (χ3n) is 1.68. The van der Waals surface area contributed by atoms with E-state index in [1.54, 1.807) is 0 Å². The molecule has 1 aliphatic rings. The maximum atomic E-state index is 11.2. The van der Waals surface area contributed by atoms with Crippen molar-refractivity contribution in [1.82, 2.24) is 16.2 Å². The number of nitrogens with one attached hydrogen (secondary N) is 3. The third-order valence-corrected chi connectivity index (χ3v) is 1.68. The monoisotopic (exact) mass is 214 g/mol. The summed E-state index contributed by atoms with van der Waals surface area (Å²) in [5.41, 5.74) is 5.53. The molecular formula is C8H14N4O3. The average Bonchev–Trinajstić information content (AvgIpc) is 2.43. The number of carboxylic acid groups (broad SMARTS) is 1. The number of amides is 1. The van der Waals surface area contributed by atoms with Crippen LogP contribution in [-0.2, 0) is 9.59 Å². The largest absolute Gasteiger partial charge is 0.481 e. The van der Waals surface area contributed by atoms with E-state index in [1.165, 1.54) is 0 Å². The zero-order valence-corrected chi connectivity index (χ0v) is 8.57. The van der Waals surface area contributed by atoms with Gasteiger partial charge in [0.1, 0.15) is 6.04 Å². The Bertz CT molecular complexity index is 300. The molecule has 7 heteroatoms. The standard InChI is InChI=1S/C8H14N4O3/c1-4(2)11-12-8-9-5(3-6(13)14)7(15)10-8/h4-5,11H,3H2,1-2H3,(H,13,14)(H2,9,10,12,15). The molecule has 0 spiro atoms. The normalized spacial score (nSPS) is 20.1. The van der Waals surface area contributed by atoms with Gasteiger partial charge in [-0.15, -0.1) is 0 Å². The number of guanidine groups is 1. The van der Waals surface area contributed by atoms with Gasteiger partial charge >= 0.3 is 5.97 Å². The van der Waals surface area contributed by atoms with E-state index >= 15 is 0 Å². The second kappa shape index (κ2) is 4.74. The van der Waals surface area contributed by atoms with E-state index in [9.17, 15) is 9.59 Å². The molecule has 0 aliphatic carbocycles. The fraction of sp³-hybridized carbons (Fsp3) is 0.625. The topological polar surface area (TPSA) is 103 Å². The highest BCUT2D eigenvalue weighted by molar-refractivity contribution is 6.05. The molecular weight excluding hydrogens is 200 g/mol. The lowest BCUT2D eigenvalue weighted by Gasteiger charge is -2.09. The molecule has 0 bridgehead atoms. The van der Waals surface area contributed by atoms with Crippen LogP contribution in [0.15, 0.2) is 4.99 Å². The molecule has 1 amide bonds. The highest BCUT2D eigenvalue weighted by Crippen LogP contribution is 2.03. The maximum absolute atomic E-state index is 11.2. The second-order valence-electron chi connectivity index (χ2n) is 3.50. The number of rotatable bonds is 4. The average molecular weight is 214 g/mol. The number of aliphatic imine (C=N–C) groups is 1. The molecule has 0 saturated heterocycles. The third kappa shape index (κ3) is 3.55. The minimum Gasteiger partial charge on any atom is -0.481 e. The number of carboxylic acids is 1. The van der Waals surface area contributed by atoms with Crippen LogP contribution in [0.25, 0.3) is 0 Å². The first-order chi connectivity index (χ1) is 6.99. The minimum absolute atomic E-state index is 0.183. The van der Waals surface area contributed by atoms with Crippen LogP contribution in [0.2, 0.25) is 0 Å². The van der Waals surface area contributed by atoms with E-state index < -0.39 is 17.9 Å². The van der Waals surface area contributed by atoms with E-state index in [-0.39, 0.29) is 18.4 Å². The Morgan fingerprint density at radius 2 is 2.33 bits per heavy atom. The first kappa shape index (κ1) is 11.4. The second-order valence-corrected chi connectivity index (χ2v) is 3.50. The highest BCUT2D eigenvalue weighted by atomic mass is 16.4. The van der Waals surface area contributed by atoms with Crippen molar-refractivity contribution in [2.45, 2.75) is 32.4 Å². The van der Waals surface area contributed by atoms with Gasteiger partial charge in [0, 0.05) is 6.04 Å². The summed E-state index contributed by atoms with van der Waals surface area (Å²) in [5.74, 6) is -1.18. The molecule has 1 atom stereocenters. The van der Waals surface area contributed by atoms with Crippen LogP contribution in [0, 0.1) is 0 Å².